The number of carbonyl (C=O) groups is 1. The Balaban J connectivity index is 1.57. The van der Waals surface area contributed by atoms with E-state index in [1.807, 2.05) is 6.92 Å². The molecule has 0 bridgehead atoms. The van der Waals surface area contributed by atoms with Gasteiger partial charge in [-0.2, -0.15) is 0 Å². The highest BCUT2D eigenvalue weighted by molar-refractivity contribution is 6.20. The van der Waals surface area contributed by atoms with Gasteiger partial charge in [-0.25, -0.2) is 0 Å². The molecule has 3 atom stereocenters. The first-order chi connectivity index (χ1) is 7.16. The lowest BCUT2D eigenvalue weighted by Gasteiger charge is -2.12. The molecule has 0 aromatic carbocycles. The second kappa shape index (κ2) is 4.73. The average Bonchev–Trinajstić information content (AvgIpc) is 2.80. The zero-order chi connectivity index (χ0) is 10.8. The molecule has 3 unspecified atom stereocenters. The lowest BCUT2D eigenvalue weighted by molar-refractivity contribution is -0.125. The molecule has 3 heteroatoms. The van der Waals surface area contributed by atoms with Crippen LogP contribution in [0.4, 0.5) is 0 Å². The topological polar surface area (TPSA) is 29.1 Å². The van der Waals surface area contributed by atoms with Gasteiger partial charge in [0.25, 0.3) is 0 Å². The van der Waals surface area contributed by atoms with E-state index in [2.05, 4.69) is 5.32 Å². The van der Waals surface area contributed by atoms with E-state index in [9.17, 15) is 4.79 Å². The van der Waals surface area contributed by atoms with Crippen molar-refractivity contribution in [1.29, 1.82) is 0 Å². The smallest absolute Gasteiger partial charge is 0.223 e. The Morgan fingerprint density at radius 2 is 2.07 bits per heavy atom. The van der Waals surface area contributed by atoms with Crippen LogP contribution in [-0.4, -0.2) is 17.8 Å². The minimum absolute atomic E-state index is 0.223. The van der Waals surface area contributed by atoms with Crippen molar-refractivity contribution in [2.24, 2.45) is 17.8 Å². The summed E-state index contributed by atoms with van der Waals surface area (Å²) in [6, 6.07) is 0. The van der Waals surface area contributed by atoms with Crippen molar-refractivity contribution in [1.82, 2.24) is 5.32 Å². The number of halogens is 1. The largest absolute Gasteiger partial charge is 0.356 e. The molecular weight excluding hydrogens is 210 g/mol. The van der Waals surface area contributed by atoms with E-state index in [-0.39, 0.29) is 11.3 Å². The molecule has 0 aromatic heterocycles. The Hall–Kier alpha value is -0.240. The number of rotatable bonds is 5. The first-order valence-corrected chi connectivity index (χ1v) is 6.52. The molecule has 15 heavy (non-hydrogen) atoms. The fourth-order valence-corrected chi connectivity index (χ4v) is 2.82. The van der Waals surface area contributed by atoms with Crippen LogP contribution in [0, 0.1) is 17.8 Å². The number of hydrogen-bond donors (Lipinski definition) is 1. The second-order valence-corrected chi connectivity index (χ2v) is 5.88. The molecule has 1 N–H and O–H groups in total. The lowest BCUT2D eigenvalue weighted by atomic mass is 10.0. The molecule has 2 aliphatic carbocycles. The molecule has 0 radical (unpaired) electrons. The van der Waals surface area contributed by atoms with Gasteiger partial charge in [-0.3, -0.25) is 4.79 Å². The molecule has 1 amide bonds. The van der Waals surface area contributed by atoms with Crippen LogP contribution >= 0.6 is 11.6 Å². The molecule has 0 spiro atoms. The second-order valence-electron chi connectivity index (χ2n) is 5.14. The molecule has 2 nitrogen and oxygen atoms in total. The van der Waals surface area contributed by atoms with Crippen LogP contribution in [0.25, 0.3) is 0 Å². The van der Waals surface area contributed by atoms with Gasteiger partial charge in [-0.1, -0.05) is 0 Å². The third kappa shape index (κ3) is 3.10. The predicted molar refractivity (Wildman–Crippen MR) is 61.9 cm³/mol. The van der Waals surface area contributed by atoms with Crippen LogP contribution in [0.3, 0.4) is 0 Å². The van der Waals surface area contributed by atoms with Crippen molar-refractivity contribution in [2.75, 3.05) is 6.54 Å². The van der Waals surface area contributed by atoms with Crippen molar-refractivity contribution in [3.05, 3.63) is 0 Å². The monoisotopic (exact) mass is 229 g/mol. The summed E-state index contributed by atoms with van der Waals surface area (Å²) >= 11 is 5.83. The molecule has 0 aromatic rings. The Morgan fingerprint density at radius 3 is 2.67 bits per heavy atom. The summed E-state index contributed by atoms with van der Waals surface area (Å²) in [5, 5.41) is 3.25. The fourth-order valence-electron chi connectivity index (χ4n) is 2.67. The molecule has 0 saturated heterocycles. The highest BCUT2D eigenvalue weighted by atomic mass is 35.5. The Kier molecular flexibility index (Phi) is 3.55. The molecule has 2 fully saturated rings. The first-order valence-electron chi connectivity index (χ1n) is 6.08. The van der Waals surface area contributed by atoms with Crippen molar-refractivity contribution in [3.8, 4) is 0 Å². The SMILES string of the molecule is CC(Cl)CCCNC(=O)C1CC2CC2C1. The van der Waals surface area contributed by atoms with Gasteiger partial charge in [0.05, 0.1) is 0 Å². The van der Waals surface area contributed by atoms with Gasteiger partial charge < -0.3 is 5.32 Å². The van der Waals surface area contributed by atoms with E-state index in [1.54, 1.807) is 0 Å². The minimum Gasteiger partial charge on any atom is -0.356 e. The maximum Gasteiger partial charge on any atom is 0.223 e. The van der Waals surface area contributed by atoms with E-state index in [0.717, 1.165) is 44.1 Å². The Bertz CT molecular complexity index is 232. The van der Waals surface area contributed by atoms with Gasteiger partial charge in [0.15, 0.2) is 0 Å². The minimum atomic E-state index is 0.223. The predicted octanol–water partition coefficient (Wildman–Crippen LogP) is 2.56. The van der Waals surface area contributed by atoms with Gasteiger partial charge in [0.2, 0.25) is 5.91 Å². The third-order valence-corrected chi connectivity index (χ3v) is 3.91. The zero-order valence-electron chi connectivity index (χ0n) is 9.34. The first kappa shape index (κ1) is 11.3. The van der Waals surface area contributed by atoms with Crippen molar-refractivity contribution in [2.45, 2.75) is 44.4 Å². The third-order valence-electron chi connectivity index (χ3n) is 3.69. The maximum absolute atomic E-state index is 11.7. The summed E-state index contributed by atoms with van der Waals surface area (Å²) in [6.07, 6.45) is 5.64. The van der Waals surface area contributed by atoms with Crippen LogP contribution in [0.2, 0.25) is 0 Å². The van der Waals surface area contributed by atoms with Crippen LogP contribution in [0.15, 0.2) is 0 Å². The number of fused-ring (bicyclic) bond motifs is 1. The summed E-state index contributed by atoms with van der Waals surface area (Å²) in [5.41, 5.74) is 0. The van der Waals surface area contributed by atoms with Gasteiger partial charge in [0, 0.05) is 17.8 Å². The molecule has 2 saturated carbocycles. The van der Waals surface area contributed by atoms with Crippen molar-refractivity contribution >= 4 is 17.5 Å². The zero-order valence-corrected chi connectivity index (χ0v) is 10.1. The number of amides is 1. The number of nitrogens with one attached hydrogen (secondary N) is 1. The maximum atomic E-state index is 11.7. The fraction of sp³-hybridized carbons (Fsp3) is 0.917. The van der Waals surface area contributed by atoms with Crippen LogP contribution in [-0.2, 0) is 4.79 Å². The molecule has 86 valence electrons. The number of carbonyl (C=O) groups excluding carboxylic acids is 1. The quantitative estimate of drug-likeness (QED) is 0.570. The van der Waals surface area contributed by atoms with Crippen LogP contribution < -0.4 is 5.32 Å². The summed E-state index contributed by atoms with van der Waals surface area (Å²) in [7, 11) is 0. The molecule has 2 aliphatic rings. The summed E-state index contributed by atoms with van der Waals surface area (Å²) in [5.74, 6) is 2.39. The van der Waals surface area contributed by atoms with Crippen molar-refractivity contribution < 1.29 is 4.79 Å². The van der Waals surface area contributed by atoms with Crippen molar-refractivity contribution in [3.63, 3.8) is 0 Å². The molecule has 0 aliphatic heterocycles. The van der Waals surface area contributed by atoms with Gasteiger partial charge in [-0.05, 0) is 50.9 Å². The standard InChI is InChI=1S/C12H20ClNO/c1-8(13)3-2-4-14-12(15)11-6-9-5-10(9)7-11/h8-11H,2-7H2,1H3,(H,14,15). The lowest BCUT2D eigenvalue weighted by Crippen LogP contribution is -2.30. The summed E-state index contributed by atoms with van der Waals surface area (Å²) in [4.78, 5) is 11.7. The summed E-state index contributed by atoms with van der Waals surface area (Å²) < 4.78 is 0. The van der Waals surface area contributed by atoms with E-state index in [1.165, 1.54) is 6.42 Å². The number of alkyl halides is 1. The van der Waals surface area contributed by atoms with E-state index < -0.39 is 0 Å². The van der Waals surface area contributed by atoms with Gasteiger partial charge >= 0.3 is 0 Å². The van der Waals surface area contributed by atoms with Gasteiger partial charge in [0.1, 0.15) is 0 Å². The Morgan fingerprint density at radius 1 is 1.40 bits per heavy atom. The van der Waals surface area contributed by atoms with E-state index >= 15 is 0 Å². The highest BCUT2D eigenvalue weighted by Crippen LogP contribution is 2.54. The average molecular weight is 230 g/mol. The molecule has 2 rings (SSSR count). The van der Waals surface area contributed by atoms with E-state index in [4.69, 9.17) is 11.6 Å². The molecule has 0 heterocycles. The highest BCUT2D eigenvalue weighted by Gasteiger charge is 2.47. The van der Waals surface area contributed by atoms with Gasteiger partial charge in [-0.15, -0.1) is 11.6 Å². The Labute approximate surface area is 96.8 Å². The normalized spacial score (nSPS) is 34.7. The summed E-state index contributed by atoms with van der Waals surface area (Å²) in [6.45, 7) is 2.79. The number of hydrogen-bond acceptors (Lipinski definition) is 1. The van der Waals surface area contributed by atoms with Crippen LogP contribution in [0.5, 0.6) is 0 Å². The molecular formula is C12H20ClNO. The van der Waals surface area contributed by atoms with Crippen LogP contribution in [0.1, 0.15) is 39.0 Å². The van der Waals surface area contributed by atoms with E-state index in [0.29, 0.717) is 5.92 Å².